The number of rotatable bonds is 5. The van der Waals surface area contributed by atoms with Gasteiger partial charge >= 0.3 is 0 Å². The molecule has 1 fully saturated rings. The summed E-state index contributed by atoms with van der Waals surface area (Å²) in [5, 5.41) is 3.26. The van der Waals surface area contributed by atoms with E-state index in [1.807, 2.05) is 6.92 Å². The summed E-state index contributed by atoms with van der Waals surface area (Å²) in [5.74, 6) is 2.01. The van der Waals surface area contributed by atoms with E-state index in [2.05, 4.69) is 15.3 Å². The minimum absolute atomic E-state index is 0.396. The molecule has 3 N–H and O–H groups in total. The summed E-state index contributed by atoms with van der Waals surface area (Å²) in [4.78, 5) is 8.35. The van der Waals surface area contributed by atoms with Crippen molar-refractivity contribution in [1.82, 2.24) is 9.97 Å². The van der Waals surface area contributed by atoms with E-state index in [-0.39, 0.29) is 0 Å². The standard InChI is InChI=1S/C11H18N4O/c1-2-16-11-7-13-6-10(15-11)14-5-8-3-9(12)4-8/h6-9H,2-5,12H2,1H3,(H,14,15). The molecule has 0 aromatic carbocycles. The molecule has 1 aromatic heterocycles. The molecule has 0 spiro atoms. The topological polar surface area (TPSA) is 73.1 Å². The molecule has 88 valence electrons. The van der Waals surface area contributed by atoms with Crippen molar-refractivity contribution < 1.29 is 4.74 Å². The lowest BCUT2D eigenvalue weighted by molar-refractivity contribution is 0.279. The molecule has 1 aliphatic rings. The van der Waals surface area contributed by atoms with Gasteiger partial charge in [-0.3, -0.25) is 4.98 Å². The summed E-state index contributed by atoms with van der Waals surface area (Å²) in [7, 11) is 0. The van der Waals surface area contributed by atoms with Crippen molar-refractivity contribution in [2.24, 2.45) is 11.7 Å². The van der Waals surface area contributed by atoms with Crippen LogP contribution in [0.5, 0.6) is 5.88 Å². The molecule has 2 rings (SSSR count). The predicted octanol–water partition coefficient (Wildman–Crippen LogP) is 1.02. The highest BCUT2D eigenvalue weighted by Crippen LogP contribution is 2.25. The third kappa shape index (κ3) is 2.82. The number of hydrogen-bond donors (Lipinski definition) is 2. The maximum atomic E-state index is 5.73. The van der Waals surface area contributed by atoms with Crippen molar-refractivity contribution in [3.05, 3.63) is 12.4 Å². The molecule has 5 heteroatoms. The molecule has 1 saturated carbocycles. The Balaban J connectivity index is 1.81. The van der Waals surface area contributed by atoms with Crippen LogP contribution in [-0.2, 0) is 0 Å². The van der Waals surface area contributed by atoms with E-state index in [9.17, 15) is 0 Å². The van der Waals surface area contributed by atoms with Crippen molar-refractivity contribution in [3.8, 4) is 5.88 Å². The number of aromatic nitrogens is 2. The van der Waals surface area contributed by atoms with Crippen LogP contribution in [-0.4, -0.2) is 29.2 Å². The van der Waals surface area contributed by atoms with Crippen molar-refractivity contribution in [3.63, 3.8) is 0 Å². The first kappa shape index (κ1) is 11.1. The van der Waals surface area contributed by atoms with Gasteiger partial charge in [-0.15, -0.1) is 0 Å². The average Bonchev–Trinajstić information content (AvgIpc) is 2.24. The van der Waals surface area contributed by atoms with Gasteiger partial charge in [-0.1, -0.05) is 0 Å². The zero-order valence-electron chi connectivity index (χ0n) is 9.52. The van der Waals surface area contributed by atoms with Crippen molar-refractivity contribution in [2.45, 2.75) is 25.8 Å². The highest BCUT2D eigenvalue weighted by Gasteiger charge is 2.25. The number of ether oxygens (including phenoxy) is 1. The van der Waals surface area contributed by atoms with Gasteiger partial charge < -0.3 is 15.8 Å². The van der Waals surface area contributed by atoms with Gasteiger partial charge in [0.15, 0.2) is 0 Å². The molecule has 0 radical (unpaired) electrons. The second kappa shape index (κ2) is 5.12. The number of nitrogens with zero attached hydrogens (tertiary/aromatic N) is 2. The highest BCUT2D eigenvalue weighted by molar-refractivity contribution is 5.33. The smallest absolute Gasteiger partial charge is 0.234 e. The summed E-state index contributed by atoms with van der Waals surface area (Å²) < 4.78 is 5.28. The summed E-state index contributed by atoms with van der Waals surface area (Å²) in [6.45, 7) is 3.45. The lowest BCUT2D eigenvalue weighted by Gasteiger charge is -2.32. The fraction of sp³-hybridized carbons (Fsp3) is 0.636. The Bertz CT molecular complexity index is 339. The van der Waals surface area contributed by atoms with Crippen LogP contribution in [0.15, 0.2) is 12.4 Å². The first-order valence-corrected chi connectivity index (χ1v) is 5.72. The van der Waals surface area contributed by atoms with E-state index >= 15 is 0 Å². The summed E-state index contributed by atoms with van der Waals surface area (Å²) in [5.41, 5.74) is 5.73. The van der Waals surface area contributed by atoms with Crippen LogP contribution >= 0.6 is 0 Å². The van der Waals surface area contributed by atoms with E-state index in [0.29, 0.717) is 24.4 Å². The molecule has 5 nitrogen and oxygen atoms in total. The van der Waals surface area contributed by atoms with Gasteiger partial charge in [-0.05, 0) is 25.7 Å². The Kier molecular flexibility index (Phi) is 3.56. The van der Waals surface area contributed by atoms with Crippen LogP contribution < -0.4 is 15.8 Å². The number of anilines is 1. The van der Waals surface area contributed by atoms with Gasteiger partial charge in [0.2, 0.25) is 5.88 Å². The molecular formula is C11H18N4O. The van der Waals surface area contributed by atoms with Gasteiger partial charge in [0, 0.05) is 12.6 Å². The molecule has 16 heavy (non-hydrogen) atoms. The first-order chi connectivity index (χ1) is 7.78. The molecular weight excluding hydrogens is 204 g/mol. The molecule has 0 saturated heterocycles. The Hall–Kier alpha value is -1.36. The largest absolute Gasteiger partial charge is 0.477 e. The van der Waals surface area contributed by atoms with Gasteiger partial charge in [-0.2, -0.15) is 4.98 Å². The first-order valence-electron chi connectivity index (χ1n) is 5.72. The van der Waals surface area contributed by atoms with Gasteiger partial charge in [-0.25, -0.2) is 0 Å². The fourth-order valence-electron chi connectivity index (χ4n) is 1.85. The quantitative estimate of drug-likeness (QED) is 0.778. The molecule has 0 unspecified atom stereocenters. The number of hydrogen-bond acceptors (Lipinski definition) is 5. The van der Waals surface area contributed by atoms with Crippen LogP contribution in [0.25, 0.3) is 0 Å². The van der Waals surface area contributed by atoms with Crippen molar-refractivity contribution in [1.29, 1.82) is 0 Å². The van der Waals surface area contributed by atoms with Gasteiger partial charge in [0.25, 0.3) is 0 Å². The van der Waals surface area contributed by atoms with E-state index < -0.39 is 0 Å². The Morgan fingerprint density at radius 1 is 1.50 bits per heavy atom. The van der Waals surface area contributed by atoms with Gasteiger partial charge in [0.05, 0.1) is 19.0 Å². The maximum absolute atomic E-state index is 5.73. The molecule has 1 aliphatic carbocycles. The molecule has 0 bridgehead atoms. The molecule has 0 aliphatic heterocycles. The van der Waals surface area contributed by atoms with E-state index in [1.165, 1.54) is 0 Å². The normalized spacial score (nSPS) is 23.6. The maximum Gasteiger partial charge on any atom is 0.234 e. The number of nitrogens with one attached hydrogen (secondary N) is 1. The molecule has 0 amide bonds. The van der Waals surface area contributed by atoms with Crippen LogP contribution in [0.4, 0.5) is 5.82 Å². The molecule has 1 heterocycles. The second-order valence-corrected chi connectivity index (χ2v) is 4.15. The van der Waals surface area contributed by atoms with Gasteiger partial charge in [0.1, 0.15) is 5.82 Å². The fourth-order valence-corrected chi connectivity index (χ4v) is 1.85. The van der Waals surface area contributed by atoms with Crippen LogP contribution in [0.1, 0.15) is 19.8 Å². The molecule has 0 atom stereocenters. The third-order valence-electron chi connectivity index (χ3n) is 2.75. The highest BCUT2D eigenvalue weighted by atomic mass is 16.5. The summed E-state index contributed by atoms with van der Waals surface area (Å²) in [6, 6.07) is 0.396. The summed E-state index contributed by atoms with van der Waals surface area (Å²) >= 11 is 0. The minimum atomic E-state index is 0.396. The third-order valence-corrected chi connectivity index (χ3v) is 2.75. The minimum Gasteiger partial charge on any atom is -0.477 e. The van der Waals surface area contributed by atoms with E-state index in [0.717, 1.165) is 25.2 Å². The van der Waals surface area contributed by atoms with E-state index in [1.54, 1.807) is 12.4 Å². The lowest BCUT2D eigenvalue weighted by Crippen LogP contribution is -2.39. The SMILES string of the molecule is CCOc1cncc(NCC2CC(N)C2)n1. The molecule has 1 aromatic rings. The Labute approximate surface area is 95.4 Å². The lowest BCUT2D eigenvalue weighted by atomic mass is 9.81. The van der Waals surface area contributed by atoms with E-state index in [4.69, 9.17) is 10.5 Å². The zero-order chi connectivity index (χ0) is 11.4. The van der Waals surface area contributed by atoms with Crippen LogP contribution in [0.3, 0.4) is 0 Å². The van der Waals surface area contributed by atoms with Crippen LogP contribution in [0, 0.1) is 5.92 Å². The Morgan fingerprint density at radius 2 is 2.31 bits per heavy atom. The summed E-state index contributed by atoms with van der Waals surface area (Å²) in [6.07, 6.45) is 5.53. The second-order valence-electron chi connectivity index (χ2n) is 4.15. The Morgan fingerprint density at radius 3 is 3.00 bits per heavy atom. The zero-order valence-corrected chi connectivity index (χ0v) is 9.52. The van der Waals surface area contributed by atoms with Crippen LogP contribution in [0.2, 0.25) is 0 Å². The number of nitrogens with two attached hydrogens (primary N) is 1. The average molecular weight is 222 g/mol. The van der Waals surface area contributed by atoms with Crippen molar-refractivity contribution >= 4 is 5.82 Å². The predicted molar refractivity (Wildman–Crippen MR) is 62.4 cm³/mol. The monoisotopic (exact) mass is 222 g/mol. The van der Waals surface area contributed by atoms with Crippen molar-refractivity contribution in [2.75, 3.05) is 18.5 Å².